The number of esters is 1. The predicted octanol–water partition coefficient (Wildman–Crippen LogP) is 3.94. The van der Waals surface area contributed by atoms with Crippen molar-refractivity contribution in [2.45, 2.75) is 27.7 Å². The van der Waals surface area contributed by atoms with Gasteiger partial charge in [-0.15, -0.1) is 0 Å². The number of hydrogen-bond donors (Lipinski definition) is 1. The third-order valence-electron chi connectivity index (χ3n) is 2.68. The molecule has 0 unspecified atom stereocenters. The molecule has 0 fully saturated rings. The number of methoxy groups -OCH3 is 1. The number of ether oxygens (including phenoxy) is 1. The highest BCUT2D eigenvalue weighted by molar-refractivity contribution is 5.94. The highest BCUT2D eigenvalue weighted by Crippen LogP contribution is 2.27. The molecule has 0 saturated carbocycles. The molecule has 0 saturated heterocycles. The summed E-state index contributed by atoms with van der Waals surface area (Å²) in [6.45, 7) is 8.06. The summed E-state index contributed by atoms with van der Waals surface area (Å²) in [6, 6.07) is 4.97. The second kappa shape index (κ2) is 6.23. The molecule has 0 aliphatic rings. The van der Waals surface area contributed by atoms with Crippen LogP contribution in [0.15, 0.2) is 35.4 Å². The van der Waals surface area contributed by atoms with Gasteiger partial charge >= 0.3 is 5.97 Å². The van der Waals surface area contributed by atoms with Crippen molar-refractivity contribution in [2.24, 2.45) is 0 Å². The minimum absolute atomic E-state index is 0.0686. The Morgan fingerprint density at radius 3 is 2.32 bits per heavy atom. The molecule has 0 bridgehead atoms. The number of allylic oxidation sites excluding steroid dienone is 4. The minimum atomic E-state index is -0.537. The Hall–Kier alpha value is -2.03. The zero-order valence-electron chi connectivity index (χ0n) is 12.1. The highest BCUT2D eigenvalue weighted by atomic mass is 16.5. The van der Waals surface area contributed by atoms with Crippen molar-refractivity contribution in [2.75, 3.05) is 7.11 Å². The lowest BCUT2D eigenvalue weighted by Crippen LogP contribution is -2.02. The van der Waals surface area contributed by atoms with Crippen LogP contribution in [0.5, 0.6) is 5.75 Å². The van der Waals surface area contributed by atoms with Gasteiger partial charge in [0.15, 0.2) is 0 Å². The van der Waals surface area contributed by atoms with Crippen LogP contribution in [0.2, 0.25) is 0 Å². The summed E-state index contributed by atoms with van der Waals surface area (Å²) < 4.78 is 4.66. The summed E-state index contributed by atoms with van der Waals surface area (Å²) in [5.74, 6) is -0.606. The van der Waals surface area contributed by atoms with Crippen molar-refractivity contribution in [3.63, 3.8) is 0 Å². The van der Waals surface area contributed by atoms with E-state index in [4.69, 9.17) is 0 Å². The second-order valence-electron chi connectivity index (χ2n) is 4.86. The molecule has 0 amide bonds. The van der Waals surface area contributed by atoms with Crippen LogP contribution >= 0.6 is 0 Å². The molecule has 102 valence electrons. The fraction of sp³-hybridized carbons (Fsp3) is 0.312. The van der Waals surface area contributed by atoms with Crippen LogP contribution in [0.1, 0.15) is 43.6 Å². The van der Waals surface area contributed by atoms with Gasteiger partial charge in [0.1, 0.15) is 11.3 Å². The number of carbonyl (C=O) groups excluding carboxylic acids is 1. The van der Waals surface area contributed by atoms with Crippen LogP contribution in [0.25, 0.3) is 5.57 Å². The van der Waals surface area contributed by atoms with Crippen molar-refractivity contribution in [1.29, 1.82) is 0 Å². The highest BCUT2D eigenvalue weighted by Gasteiger charge is 2.13. The number of hydrogen-bond acceptors (Lipinski definition) is 3. The van der Waals surface area contributed by atoms with Gasteiger partial charge in [0, 0.05) is 0 Å². The van der Waals surface area contributed by atoms with E-state index in [0.29, 0.717) is 0 Å². The molecule has 0 atom stereocenters. The third kappa shape index (κ3) is 3.71. The molecule has 1 aromatic carbocycles. The SMILES string of the molecule is COC(=O)c1cc(C(C=C(C)C)=C(C)C)ccc1O. The molecule has 0 radical (unpaired) electrons. The molecular formula is C16H20O3. The van der Waals surface area contributed by atoms with Crippen LogP contribution < -0.4 is 0 Å². The number of phenols is 1. The van der Waals surface area contributed by atoms with Gasteiger partial charge in [-0.05, 0) is 51.0 Å². The lowest BCUT2D eigenvalue weighted by Gasteiger charge is -2.10. The lowest BCUT2D eigenvalue weighted by atomic mass is 9.97. The van der Waals surface area contributed by atoms with Gasteiger partial charge < -0.3 is 9.84 Å². The first-order chi connectivity index (χ1) is 8.86. The molecule has 0 spiro atoms. The summed E-state index contributed by atoms with van der Waals surface area (Å²) >= 11 is 0. The maximum absolute atomic E-state index is 11.6. The summed E-state index contributed by atoms with van der Waals surface area (Å²) in [4.78, 5) is 11.6. The van der Waals surface area contributed by atoms with Crippen LogP contribution in [-0.2, 0) is 4.74 Å². The van der Waals surface area contributed by atoms with E-state index in [2.05, 4.69) is 10.8 Å². The first kappa shape index (κ1) is 15.0. The van der Waals surface area contributed by atoms with Gasteiger partial charge in [-0.1, -0.05) is 23.3 Å². The van der Waals surface area contributed by atoms with Gasteiger partial charge in [-0.3, -0.25) is 0 Å². The fourth-order valence-electron chi connectivity index (χ4n) is 1.78. The lowest BCUT2D eigenvalue weighted by molar-refractivity contribution is 0.0597. The molecule has 1 N–H and O–H groups in total. The maximum atomic E-state index is 11.6. The van der Waals surface area contributed by atoms with Crippen molar-refractivity contribution in [3.05, 3.63) is 46.5 Å². The first-order valence-corrected chi connectivity index (χ1v) is 6.11. The molecule has 3 nitrogen and oxygen atoms in total. The van der Waals surface area contributed by atoms with Gasteiger partial charge in [-0.2, -0.15) is 0 Å². The van der Waals surface area contributed by atoms with Crippen molar-refractivity contribution in [1.82, 2.24) is 0 Å². The first-order valence-electron chi connectivity index (χ1n) is 6.11. The Labute approximate surface area is 114 Å². The number of benzene rings is 1. The number of phenolic OH excluding ortho intramolecular Hbond substituents is 1. The zero-order chi connectivity index (χ0) is 14.6. The van der Waals surface area contributed by atoms with Gasteiger partial charge in [-0.25, -0.2) is 4.79 Å². The summed E-state index contributed by atoms with van der Waals surface area (Å²) in [5, 5.41) is 9.71. The Morgan fingerprint density at radius 2 is 1.84 bits per heavy atom. The Kier molecular flexibility index (Phi) is 4.93. The van der Waals surface area contributed by atoms with Crippen LogP contribution in [0.3, 0.4) is 0 Å². The Bertz CT molecular complexity index is 543. The monoisotopic (exact) mass is 260 g/mol. The third-order valence-corrected chi connectivity index (χ3v) is 2.68. The van der Waals surface area contributed by atoms with Crippen molar-refractivity contribution in [3.8, 4) is 5.75 Å². The van der Waals surface area contributed by atoms with Crippen molar-refractivity contribution < 1.29 is 14.6 Å². The van der Waals surface area contributed by atoms with E-state index in [1.165, 1.54) is 18.7 Å². The van der Waals surface area contributed by atoms with E-state index in [9.17, 15) is 9.90 Å². The van der Waals surface area contributed by atoms with E-state index >= 15 is 0 Å². The normalized spacial score (nSPS) is 9.74. The summed E-state index contributed by atoms with van der Waals surface area (Å²) in [5.41, 5.74) is 4.43. The molecule has 1 rings (SSSR count). The van der Waals surface area contributed by atoms with Gasteiger partial charge in [0.05, 0.1) is 7.11 Å². The molecule has 1 aromatic rings. The van der Waals surface area contributed by atoms with Gasteiger partial charge in [0.2, 0.25) is 0 Å². The summed E-state index contributed by atoms with van der Waals surface area (Å²) in [6.07, 6.45) is 2.06. The van der Waals surface area contributed by atoms with E-state index in [0.717, 1.165) is 16.7 Å². The Morgan fingerprint density at radius 1 is 1.21 bits per heavy atom. The molecule has 3 heteroatoms. The number of aromatic hydroxyl groups is 1. The number of carbonyl (C=O) groups is 1. The molecule has 0 aliphatic carbocycles. The zero-order valence-corrected chi connectivity index (χ0v) is 12.1. The standard InChI is InChI=1S/C16H20O3/c1-10(2)8-13(11(3)4)12-6-7-15(17)14(9-12)16(18)19-5/h6-9,17H,1-5H3. The van der Waals surface area contributed by atoms with E-state index in [1.54, 1.807) is 12.1 Å². The summed E-state index contributed by atoms with van der Waals surface area (Å²) in [7, 11) is 1.30. The topological polar surface area (TPSA) is 46.5 Å². The van der Waals surface area contributed by atoms with E-state index in [1.807, 2.05) is 27.7 Å². The smallest absolute Gasteiger partial charge is 0.341 e. The fourth-order valence-corrected chi connectivity index (χ4v) is 1.78. The number of rotatable bonds is 3. The molecule has 0 aliphatic heterocycles. The largest absolute Gasteiger partial charge is 0.507 e. The van der Waals surface area contributed by atoms with Crippen LogP contribution in [0.4, 0.5) is 0 Å². The van der Waals surface area contributed by atoms with E-state index in [-0.39, 0.29) is 11.3 Å². The average molecular weight is 260 g/mol. The molecule has 0 aromatic heterocycles. The van der Waals surface area contributed by atoms with Crippen LogP contribution in [-0.4, -0.2) is 18.2 Å². The van der Waals surface area contributed by atoms with Gasteiger partial charge in [0.25, 0.3) is 0 Å². The minimum Gasteiger partial charge on any atom is -0.507 e. The van der Waals surface area contributed by atoms with Crippen molar-refractivity contribution >= 4 is 11.5 Å². The molecular weight excluding hydrogens is 240 g/mol. The van der Waals surface area contributed by atoms with Crippen LogP contribution in [0, 0.1) is 0 Å². The maximum Gasteiger partial charge on any atom is 0.341 e. The Balaban J connectivity index is 3.40. The quantitative estimate of drug-likeness (QED) is 0.661. The molecule has 19 heavy (non-hydrogen) atoms. The van der Waals surface area contributed by atoms with E-state index < -0.39 is 5.97 Å². The average Bonchev–Trinajstić information content (AvgIpc) is 2.35. The second-order valence-corrected chi connectivity index (χ2v) is 4.86. The predicted molar refractivity (Wildman–Crippen MR) is 77.1 cm³/mol. The molecule has 0 heterocycles.